The first-order valence-corrected chi connectivity index (χ1v) is 14.0. The molecular formula is C23H23N3O8S2. The van der Waals surface area contributed by atoms with Gasteiger partial charge >= 0.3 is 5.97 Å². The molecule has 11 nitrogen and oxygen atoms in total. The molecule has 0 saturated carbocycles. The van der Waals surface area contributed by atoms with Crippen molar-refractivity contribution in [2.45, 2.75) is 37.2 Å². The van der Waals surface area contributed by atoms with E-state index in [1.807, 2.05) is 0 Å². The Morgan fingerprint density at radius 3 is 2.50 bits per heavy atom. The lowest BCUT2D eigenvalue weighted by molar-refractivity contribution is -0.156. The number of anilines is 2. The highest BCUT2D eigenvalue weighted by atomic mass is 32.2. The summed E-state index contributed by atoms with van der Waals surface area (Å²) >= 11 is 0. The number of ether oxygens (including phenoxy) is 1. The highest BCUT2D eigenvalue weighted by Crippen LogP contribution is 2.42. The molecule has 1 aliphatic heterocycles. The molecule has 13 heteroatoms. The van der Waals surface area contributed by atoms with Gasteiger partial charge in [0.15, 0.2) is 17.0 Å². The van der Waals surface area contributed by atoms with Crippen molar-refractivity contribution < 1.29 is 36.3 Å². The lowest BCUT2D eigenvalue weighted by Gasteiger charge is -2.34. The monoisotopic (exact) mass is 533 g/mol. The molecule has 1 unspecified atom stereocenters. The molecule has 0 bridgehead atoms. The van der Waals surface area contributed by atoms with E-state index in [0.29, 0.717) is 0 Å². The van der Waals surface area contributed by atoms with E-state index in [1.54, 1.807) is 26.0 Å². The first-order chi connectivity index (χ1) is 16.6. The third-order valence-corrected chi connectivity index (χ3v) is 7.58. The fourth-order valence-electron chi connectivity index (χ4n) is 4.04. The van der Waals surface area contributed by atoms with Crippen molar-refractivity contribution in [2.75, 3.05) is 16.3 Å². The van der Waals surface area contributed by atoms with Crippen LogP contribution in [0.4, 0.5) is 11.4 Å². The summed E-state index contributed by atoms with van der Waals surface area (Å²) < 4.78 is 60.3. The smallest absolute Gasteiger partial charge is 0.324 e. The molecule has 190 valence electrons. The molecule has 1 atom stereocenters. The number of ketones is 1. The number of aliphatic hydroxyl groups is 1. The molecule has 4 rings (SSSR count). The molecule has 0 radical (unpaired) electrons. The Morgan fingerprint density at radius 2 is 1.86 bits per heavy atom. The fourth-order valence-corrected chi connectivity index (χ4v) is 5.74. The first kappa shape index (κ1) is 25.4. The largest absolute Gasteiger partial charge is 0.506 e. The molecule has 0 amide bonds. The molecule has 0 aromatic heterocycles. The Bertz CT molecular complexity index is 1590. The standard InChI is InChI=1S/C23H23N3O8S2/c1-12(2)34-22(29)23(3)15-8-6-5-7-14(15)19(27)18(20(23)28)21-24-16-10-9-13(25-35(4,30)31)11-17(16)36(32,33)26-21/h5-12,25,27H,1-4H3,(H,24,26). The van der Waals surface area contributed by atoms with Crippen molar-refractivity contribution in [3.63, 3.8) is 0 Å². The molecule has 2 aliphatic rings. The molecule has 0 fully saturated rings. The SMILES string of the molecule is CC(C)OC(=O)C1(C)C(=O)C(C2=NS(=O)(=O)c3cc(NS(C)(=O)=O)ccc3N2)=C(O)c2ccccc21. The summed E-state index contributed by atoms with van der Waals surface area (Å²) in [5.74, 6) is -2.79. The second-order valence-electron chi connectivity index (χ2n) is 8.80. The van der Waals surface area contributed by atoms with E-state index in [1.165, 1.54) is 31.2 Å². The van der Waals surface area contributed by atoms with Crippen molar-refractivity contribution in [2.24, 2.45) is 4.40 Å². The number of carbonyl (C=O) groups excluding carboxylic acids is 2. The maximum atomic E-state index is 13.8. The molecule has 2 aromatic carbocycles. The van der Waals surface area contributed by atoms with Crippen LogP contribution in [0.2, 0.25) is 0 Å². The van der Waals surface area contributed by atoms with Gasteiger partial charge in [-0.2, -0.15) is 8.42 Å². The third kappa shape index (κ3) is 4.24. The highest BCUT2D eigenvalue weighted by molar-refractivity contribution is 7.92. The molecule has 0 spiro atoms. The maximum absolute atomic E-state index is 13.8. The lowest BCUT2D eigenvalue weighted by Crippen LogP contribution is -2.48. The minimum Gasteiger partial charge on any atom is -0.506 e. The van der Waals surface area contributed by atoms with Gasteiger partial charge < -0.3 is 15.2 Å². The maximum Gasteiger partial charge on any atom is 0.324 e. The van der Waals surface area contributed by atoms with E-state index in [2.05, 4.69) is 14.4 Å². The van der Waals surface area contributed by atoms with Gasteiger partial charge in [-0.1, -0.05) is 24.3 Å². The Balaban J connectivity index is 1.87. The quantitative estimate of drug-likeness (QED) is 0.386. The van der Waals surface area contributed by atoms with Crippen molar-refractivity contribution in [1.82, 2.24) is 0 Å². The zero-order chi connectivity index (χ0) is 26.6. The van der Waals surface area contributed by atoms with Crippen molar-refractivity contribution in [3.05, 3.63) is 59.2 Å². The normalized spacial score (nSPS) is 20.7. The van der Waals surface area contributed by atoms with Crippen LogP contribution >= 0.6 is 0 Å². The number of sulfonamides is 2. The Labute approximate surface area is 208 Å². The number of amidine groups is 1. The van der Waals surface area contributed by atoms with Gasteiger partial charge in [0, 0.05) is 11.3 Å². The van der Waals surface area contributed by atoms with E-state index in [-0.39, 0.29) is 27.4 Å². The van der Waals surface area contributed by atoms with Gasteiger partial charge in [-0.3, -0.25) is 14.3 Å². The van der Waals surface area contributed by atoms with Gasteiger partial charge in [0.1, 0.15) is 16.2 Å². The minimum absolute atomic E-state index is 0.00234. The molecule has 0 saturated heterocycles. The third-order valence-electron chi connectivity index (χ3n) is 5.65. The molecule has 1 heterocycles. The summed E-state index contributed by atoms with van der Waals surface area (Å²) in [5.41, 5.74) is -2.04. The number of nitrogens with zero attached hydrogens (tertiary/aromatic N) is 1. The summed E-state index contributed by atoms with van der Waals surface area (Å²) in [5, 5.41) is 13.8. The number of carbonyl (C=O) groups is 2. The fraction of sp³-hybridized carbons (Fsp3) is 0.261. The van der Waals surface area contributed by atoms with E-state index >= 15 is 0 Å². The van der Waals surface area contributed by atoms with Crippen molar-refractivity contribution in [1.29, 1.82) is 0 Å². The zero-order valence-corrected chi connectivity index (χ0v) is 21.3. The van der Waals surface area contributed by atoms with Gasteiger partial charge in [0.2, 0.25) is 10.0 Å². The number of esters is 1. The lowest BCUT2D eigenvalue weighted by atomic mass is 9.69. The number of nitrogens with one attached hydrogen (secondary N) is 2. The van der Waals surface area contributed by atoms with Crippen LogP contribution in [0.5, 0.6) is 0 Å². The number of fused-ring (bicyclic) bond motifs is 2. The summed E-state index contributed by atoms with van der Waals surface area (Å²) in [6, 6.07) is 9.89. The minimum atomic E-state index is -4.44. The number of Topliss-reactive ketones (excluding diaryl/α,β-unsaturated/α-hetero) is 1. The van der Waals surface area contributed by atoms with Crippen molar-refractivity contribution >= 4 is 54.8 Å². The Kier molecular flexibility index (Phi) is 5.96. The van der Waals surface area contributed by atoms with Crippen LogP contribution in [-0.2, 0) is 39.8 Å². The van der Waals surface area contributed by atoms with Crippen LogP contribution in [0.3, 0.4) is 0 Å². The van der Waals surface area contributed by atoms with E-state index in [9.17, 15) is 31.5 Å². The van der Waals surface area contributed by atoms with Gasteiger partial charge in [-0.05, 0) is 44.5 Å². The van der Waals surface area contributed by atoms with Gasteiger partial charge in [-0.15, -0.1) is 4.40 Å². The Morgan fingerprint density at radius 1 is 1.19 bits per heavy atom. The first-order valence-electron chi connectivity index (χ1n) is 10.7. The predicted octanol–water partition coefficient (Wildman–Crippen LogP) is 2.33. The second-order valence-corrected chi connectivity index (χ2v) is 12.1. The van der Waals surface area contributed by atoms with Crippen molar-refractivity contribution in [3.8, 4) is 0 Å². The van der Waals surface area contributed by atoms with Crippen LogP contribution < -0.4 is 10.0 Å². The number of hydrogen-bond donors (Lipinski definition) is 3. The molecule has 1 aliphatic carbocycles. The van der Waals surface area contributed by atoms with Crippen LogP contribution in [0, 0.1) is 0 Å². The molecule has 3 N–H and O–H groups in total. The summed E-state index contributed by atoms with van der Waals surface area (Å²) in [4.78, 5) is 26.6. The van der Waals surface area contributed by atoms with E-state index in [0.717, 1.165) is 12.3 Å². The van der Waals surface area contributed by atoms with E-state index in [4.69, 9.17) is 4.74 Å². The molecule has 2 aromatic rings. The average Bonchev–Trinajstić information content (AvgIpc) is 2.76. The van der Waals surface area contributed by atoms with Crippen LogP contribution in [-0.4, -0.2) is 51.9 Å². The van der Waals surface area contributed by atoms with Crippen LogP contribution in [0.1, 0.15) is 31.9 Å². The summed E-state index contributed by atoms with van der Waals surface area (Å²) in [6.07, 6.45) is 0.378. The Hall–Kier alpha value is -3.71. The zero-order valence-electron chi connectivity index (χ0n) is 19.7. The van der Waals surface area contributed by atoms with Gasteiger partial charge in [0.25, 0.3) is 10.0 Å². The predicted molar refractivity (Wildman–Crippen MR) is 133 cm³/mol. The number of benzene rings is 2. The summed E-state index contributed by atoms with van der Waals surface area (Å²) in [6.45, 7) is 4.59. The van der Waals surface area contributed by atoms with Gasteiger partial charge in [0.05, 0.1) is 18.0 Å². The second kappa shape index (κ2) is 8.45. The highest BCUT2D eigenvalue weighted by Gasteiger charge is 2.52. The number of rotatable bonds is 5. The average molecular weight is 534 g/mol. The number of aliphatic hydroxyl groups excluding tert-OH is 1. The summed E-state index contributed by atoms with van der Waals surface area (Å²) in [7, 11) is -8.11. The van der Waals surface area contributed by atoms with E-state index < -0.39 is 60.5 Å². The molecular weight excluding hydrogens is 510 g/mol. The topological polar surface area (TPSA) is 168 Å². The van der Waals surface area contributed by atoms with Crippen LogP contribution in [0.15, 0.2) is 57.3 Å². The number of hydrogen-bond acceptors (Lipinski definition) is 9. The van der Waals surface area contributed by atoms with Crippen LogP contribution in [0.25, 0.3) is 5.76 Å². The molecule has 36 heavy (non-hydrogen) atoms. The van der Waals surface area contributed by atoms with Gasteiger partial charge in [-0.25, -0.2) is 8.42 Å².